The highest BCUT2D eigenvalue weighted by molar-refractivity contribution is 5.98. The second kappa shape index (κ2) is 5.84. The van der Waals surface area contributed by atoms with Crippen molar-refractivity contribution in [3.63, 3.8) is 0 Å². The number of nitrogens with one attached hydrogen (secondary N) is 2. The minimum Gasteiger partial charge on any atom is -0.373 e. The number of anilines is 1. The van der Waals surface area contributed by atoms with Crippen LogP contribution in [0.5, 0.6) is 0 Å². The summed E-state index contributed by atoms with van der Waals surface area (Å²) < 4.78 is 23.9. The monoisotopic (exact) mass is 260 g/mol. The summed E-state index contributed by atoms with van der Waals surface area (Å²) in [6.45, 7) is -0.868. The number of nitrogens with zero attached hydrogens (tertiary/aromatic N) is 2. The Hall–Kier alpha value is -2.32. The normalized spacial score (nSPS) is 10.2. The van der Waals surface area contributed by atoms with E-state index in [0.29, 0.717) is 0 Å². The molecule has 0 fully saturated rings. The van der Waals surface area contributed by atoms with Gasteiger partial charge in [-0.1, -0.05) is 0 Å². The quantitative estimate of drug-likeness (QED) is 0.608. The van der Waals surface area contributed by atoms with Crippen LogP contribution in [0.4, 0.5) is 20.3 Å². The van der Waals surface area contributed by atoms with E-state index in [0.717, 1.165) is 12.3 Å². The highest BCUT2D eigenvalue weighted by Crippen LogP contribution is 2.19. The van der Waals surface area contributed by atoms with E-state index in [1.165, 1.54) is 7.05 Å². The number of carbonyl (C=O) groups excluding carboxylic acids is 1. The number of carbonyl (C=O) groups is 1. The van der Waals surface area contributed by atoms with Crippen molar-refractivity contribution >= 4 is 17.4 Å². The summed E-state index contributed by atoms with van der Waals surface area (Å²) in [5.74, 6) is -0.719. The molecule has 0 saturated heterocycles. The predicted molar refractivity (Wildman–Crippen MR) is 58.8 cm³/mol. The zero-order valence-electron chi connectivity index (χ0n) is 9.31. The maximum atomic E-state index is 11.9. The van der Waals surface area contributed by atoms with E-state index < -0.39 is 29.5 Å². The van der Waals surface area contributed by atoms with Crippen molar-refractivity contribution in [2.45, 2.75) is 6.43 Å². The third kappa shape index (κ3) is 3.34. The fourth-order valence-electron chi connectivity index (χ4n) is 1.18. The fraction of sp³-hybridized carbons (Fsp3) is 0.333. The lowest BCUT2D eigenvalue weighted by Crippen LogP contribution is -2.29. The first-order valence-corrected chi connectivity index (χ1v) is 4.84. The molecule has 98 valence electrons. The summed E-state index contributed by atoms with van der Waals surface area (Å²) in [6.07, 6.45) is -1.83. The summed E-state index contributed by atoms with van der Waals surface area (Å²) in [5.41, 5.74) is -0.860. The fourth-order valence-corrected chi connectivity index (χ4v) is 1.18. The van der Waals surface area contributed by atoms with Gasteiger partial charge in [0.1, 0.15) is 17.6 Å². The van der Waals surface area contributed by atoms with E-state index in [1.54, 1.807) is 0 Å². The van der Waals surface area contributed by atoms with Gasteiger partial charge in [0.25, 0.3) is 18.0 Å². The van der Waals surface area contributed by atoms with Gasteiger partial charge in [0.15, 0.2) is 0 Å². The van der Waals surface area contributed by atoms with Crippen molar-refractivity contribution in [2.24, 2.45) is 0 Å². The molecule has 9 heteroatoms. The lowest BCUT2D eigenvalue weighted by molar-refractivity contribution is -0.385. The molecule has 0 spiro atoms. The van der Waals surface area contributed by atoms with E-state index in [9.17, 15) is 23.7 Å². The Morgan fingerprint density at radius 3 is 2.78 bits per heavy atom. The average molecular weight is 260 g/mol. The molecule has 0 aliphatic carbocycles. The van der Waals surface area contributed by atoms with Crippen molar-refractivity contribution < 1.29 is 18.5 Å². The van der Waals surface area contributed by atoms with Gasteiger partial charge in [-0.2, -0.15) is 0 Å². The Labute approximate surface area is 100 Å². The number of alkyl halides is 2. The Bertz CT molecular complexity index is 467. The van der Waals surface area contributed by atoms with Gasteiger partial charge >= 0.3 is 0 Å². The maximum absolute atomic E-state index is 11.9. The van der Waals surface area contributed by atoms with Crippen LogP contribution < -0.4 is 10.6 Å². The van der Waals surface area contributed by atoms with Crippen molar-refractivity contribution in [1.82, 2.24) is 10.3 Å². The van der Waals surface area contributed by atoms with Gasteiger partial charge in [-0.15, -0.1) is 0 Å². The van der Waals surface area contributed by atoms with Gasteiger partial charge in [0.2, 0.25) is 0 Å². The van der Waals surface area contributed by atoms with Crippen molar-refractivity contribution in [1.29, 1.82) is 0 Å². The average Bonchev–Trinajstić information content (AvgIpc) is 2.34. The molecule has 1 aromatic heterocycles. The van der Waals surface area contributed by atoms with Crippen LogP contribution in [0.3, 0.4) is 0 Å². The van der Waals surface area contributed by atoms with Crippen LogP contribution in [0.25, 0.3) is 0 Å². The smallest absolute Gasteiger partial charge is 0.300 e. The summed E-state index contributed by atoms with van der Waals surface area (Å²) in [6, 6.07) is 1.12. The van der Waals surface area contributed by atoms with Crippen LogP contribution in [-0.2, 0) is 0 Å². The second-order valence-corrected chi connectivity index (χ2v) is 3.19. The molecule has 2 N–H and O–H groups in total. The molecule has 1 heterocycles. The van der Waals surface area contributed by atoms with Crippen molar-refractivity contribution in [3.8, 4) is 0 Å². The molecule has 0 aliphatic heterocycles. The van der Waals surface area contributed by atoms with Gasteiger partial charge < -0.3 is 10.6 Å². The summed E-state index contributed by atoms with van der Waals surface area (Å²) in [5, 5.41) is 15.2. The Kier molecular flexibility index (Phi) is 4.46. The van der Waals surface area contributed by atoms with Gasteiger partial charge in [-0.25, -0.2) is 13.8 Å². The van der Waals surface area contributed by atoms with Crippen LogP contribution in [-0.4, -0.2) is 35.8 Å². The highest BCUT2D eigenvalue weighted by atomic mass is 19.3. The molecule has 7 nitrogen and oxygen atoms in total. The molecule has 0 aromatic carbocycles. The largest absolute Gasteiger partial charge is 0.373 e. The third-order valence-corrected chi connectivity index (χ3v) is 2.00. The van der Waals surface area contributed by atoms with Crippen molar-refractivity contribution in [3.05, 3.63) is 27.9 Å². The minimum absolute atomic E-state index is 0.225. The molecule has 1 aromatic rings. The number of rotatable bonds is 5. The highest BCUT2D eigenvalue weighted by Gasteiger charge is 2.22. The molecular formula is C9H10F2N4O3. The number of halogens is 2. The Balaban J connectivity index is 3.03. The third-order valence-electron chi connectivity index (χ3n) is 2.00. The SMILES string of the molecule is CNc1cc(C(=O)NCC(F)F)c([N+](=O)[O-])cn1. The number of pyridine rings is 1. The number of hydrogen-bond acceptors (Lipinski definition) is 5. The summed E-state index contributed by atoms with van der Waals surface area (Å²) in [7, 11) is 1.51. The Morgan fingerprint density at radius 2 is 2.28 bits per heavy atom. The molecule has 18 heavy (non-hydrogen) atoms. The summed E-state index contributed by atoms with van der Waals surface area (Å²) in [4.78, 5) is 25.1. The lowest BCUT2D eigenvalue weighted by Gasteiger charge is -2.06. The number of hydrogen-bond donors (Lipinski definition) is 2. The second-order valence-electron chi connectivity index (χ2n) is 3.19. The van der Waals surface area contributed by atoms with Crippen molar-refractivity contribution in [2.75, 3.05) is 18.9 Å². The van der Waals surface area contributed by atoms with Crippen LogP contribution >= 0.6 is 0 Å². The van der Waals surface area contributed by atoms with Gasteiger partial charge in [0, 0.05) is 13.1 Å². The van der Waals surface area contributed by atoms with Crippen LogP contribution in [0.15, 0.2) is 12.3 Å². The zero-order chi connectivity index (χ0) is 13.7. The molecule has 0 atom stereocenters. The first kappa shape index (κ1) is 13.7. The van der Waals surface area contributed by atoms with Gasteiger partial charge in [0.05, 0.1) is 11.5 Å². The zero-order valence-corrected chi connectivity index (χ0v) is 9.31. The molecule has 0 radical (unpaired) electrons. The van der Waals surface area contributed by atoms with Crippen LogP contribution in [0, 0.1) is 10.1 Å². The van der Waals surface area contributed by atoms with E-state index in [1.807, 2.05) is 5.32 Å². The van der Waals surface area contributed by atoms with Gasteiger partial charge in [-0.05, 0) is 0 Å². The van der Waals surface area contributed by atoms with E-state index in [-0.39, 0.29) is 11.4 Å². The lowest BCUT2D eigenvalue weighted by atomic mass is 10.2. The van der Waals surface area contributed by atoms with Gasteiger partial charge in [-0.3, -0.25) is 14.9 Å². The minimum atomic E-state index is -2.72. The molecule has 1 rings (SSSR count). The number of aromatic nitrogens is 1. The first-order valence-electron chi connectivity index (χ1n) is 4.84. The van der Waals surface area contributed by atoms with E-state index in [2.05, 4.69) is 10.3 Å². The predicted octanol–water partition coefficient (Wildman–Crippen LogP) is 1.03. The molecule has 0 bridgehead atoms. The van der Waals surface area contributed by atoms with Crippen LogP contribution in [0.1, 0.15) is 10.4 Å². The van der Waals surface area contributed by atoms with Crippen LogP contribution in [0.2, 0.25) is 0 Å². The van der Waals surface area contributed by atoms with E-state index >= 15 is 0 Å². The molecule has 0 unspecified atom stereocenters. The maximum Gasteiger partial charge on any atom is 0.300 e. The first-order chi connectivity index (χ1) is 8.45. The summed E-state index contributed by atoms with van der Waals surface area (Å²) >= 11 is 0. The molecule has 0 saturated carbocycles. The van der Waals surface area contributed by atoms with E-state index in [4.69, 9.17) is 0 Å². The number of amides is 1. The Morgan fingerprint density at radius 1 is 1.61 bits per heavy atom. The topological polar surface area (TPSA) is 97.2 Å². The standard InChI is InChI=1S/C9H10F2N4O3/c1-12-8-2-5(6(3-13-8)15(17)18)9(16)14-4-7(10)11/h2-3,7H,4H2,1H3,(H,12,13)(H,14,16). The molecule has 1 amide bonds. The molecule has 0 aliphatic rings. The molecular weight excluding hydrogens is 250 g/mol. The number of nitro groups is 1.